The van der Waals surface area contributed by atoms with Gasteiger partial charge < -0.3 is 5.11 Å². The molecule has 0 spiro atoms. The molecule has 2 nitrogen and oxygen atoms in total. The highest BCUT2D eigenvalue weighted by Gasteiger charge is 2.38. The summed E-state index contributed by atoms with van der Waals surface area (Å²) in [5, 5.41) is 13.6. The van der Waals surface area contributed by atoms with Gasteiger partial charge in [0.05, 0.1) is 10.6 Å². The van der Waals surface area contributed by atoms with E-state index in [1.807, 2.05) is 18.4 Å². The molecule has 1 aliphatic rings. The average Bonchev–Trinajstić information content (AvgIpc) is 2.86. The number of hydrogen-bond donors (Lipinski definition) is 1. The van der Waals surface area contributed by atoms with E-state index in [1.54, 1.807) is 17.4 Å². The monoisotopic (exact) mass is 263 g/mol. The summed E-state index contributed by atoms with van der Waals surface area (Å²) in [6.45, 7) is 1.94. The van der Waals surface area contributed by atoms with Gasteiger partial charge in [-0.15, -0.1) is 11.3 Å². The zero-order valence-corrected chi connectivity index (χ0v) is 10.9. The fourth-order valence-corrected chi connectivity index (χ4v) is 3.51. The molecule has 1 aliphatic carbocycles. The fraction of sp³-hybridized carbons (Fsp3) is 0.357. The molecule has 1 unspecified atom stereocenters. The molecule has 2 aromatic rings. The SMILES string of the molecule is Cc1csc(CC2(O)CCc3c(F)cccc32)n1. The van der Waals surface area contributed by atoms with E-state index >= 15 is 0 Å². The van der Waals surface area contributed by atoms with Crippen LogP contribution in [0.4, 0.5) is 4.39 Å². The van der Waals surface area contributed by atoms with Crippen LogP contribution in [0.5, 0.6) is 0 Å². The minimum Gasteiger partial charge on any atom is -0.385 e. The standard InChI is InChI=1S/C14H14FNOS/c1-9-8-18-13(16-9)7-14(17)6-5-10-11(14)3-2-4-12(10)15/h2-4,8,17H,5-7H2,1H3. The zero-order chi connectivity index (χ0) is 12.8. The lowest BCUT2D eigenvalue weighted by Gasteiger charge is -2.22. The number of aromatic nitrogens is 1. The van der Waals surface area contributed by atoms with Crippen molar-refractivity contribution in [3.05, 3.63) is 51.2 Å². The second-order valence-corrected chi connectivity index (χ2v) is 5.80. The van der Waals surface area contributed by atoms with Gasteiger partial charge in [0.15, 0.2) is 0 Å². The molecule has 0 radical (unpaired) electrons. The first-order chi connectivity index (χ1) is 8.58. The normalized spacial score (nSPS) is 22.2. The van der Waals surface area contributed by atoms with Crippen molar-refractivity contribution < 1.29 is 9.50 Å². The first-order valence-corrected chi connectivity index (χ1v) is 6.88. The second-order valence-electron chi connectivity index (χ2n) is 4.86. The fourth-order valence-electron chi connectivity index (χ4n) is 2.63. The summed E-state index contributed by atoms with van der Waals surface area (Å²) in [5.74, 6) is -0.209. The predicted octanol–water partition coefficient (Wildman–Crippen LogP) is 2.97. The highest BCUT2D eigenvalue weighted by molar-refractivity contribution is 7.09. The van der Waals surface area contributed by atoms with E-state index in [4.69, 9.17) is 0 Å². The number of nitrogens with zero attached hydrogens (tertiary/aromatic N) is 1. The number of benzene rings is 1. The predicted molar refractivity (Wildman–Crippen MR) is 69.2 cm³/mol. The Hall–Kier alpha value is -1.26. The summed E-state index contributed by atoms with van der Waals surface area (Å²) in [6, 6.07) is 4.95. The molecule has 0 saturated heterocycles. The van der Waals surface area contributed by atoms with Gasteiger partial charge in [-0.05, 0) is 37.0 Å². The quantitative estimate of drug-likeness (QED) is 0.903. The van der Waals surface area contributed by atoms with E-state index < -0.39 is 5.60 Å². The first-order valence-electron chi connectivity index (χ1n) is 6.00. The van der Waals surface area contributed by atoms with Crippen LogP contribution >= 0.6 is 11.3 Å². The van der Waals surface area contributed by atoms with Crippen molar-refractivity contribution in [2.24, 2.45) is 0 Å². The van der Waals surface area contributed by atoms with Crippen molar-refractivity contribution in [3.8, 4) is 0 Å². The van der Waals surface area contributed by atoms with Gasteiger partial charge in [-0.2, -0.15) is 0 Å². The topological polar surface area (TPSA) is 33.1 Å². The molecule has 3 rings (SSSR count). The van der Waals surface area contributed by atoms with E-state index in [-0.39, 0.29) is 5.82 Å². The van der Waals surface area contributed by atoms with Gasteiger partial charge in [0.1, 0.15) is 5.82 Å². The van der Waals surface area contributed by atoms with Crippen LogP contribution in [0.2, 0.25) is 0 Å². The molecular weight excluding hydrogens is 249 g/mol. The van der Waals surface area contributed by atoms with Gasteiger partial charge in [-0.1, -0.05) is 12.1 Å². The smallest absolute Gasteiger partial charge is 0.126 e. The van der Waals surface area contributed by atoms with Crippen LogP contribution in [-0.4, -0.2) is 10.1 Å². The molecule has 1 N–H and O–H groups in total. The Morgan fingerprint density at radius 3 is 3.06 bits per heavy atom. The number of halogens is 1. The van der Waals surface area contributed by atoms with Crippen molar-refractivity contribution in [1.82, 2.24) is 4.98 Å². The molecule has 4 heteroatoms. The number of thiazole rings is 1. The van der Waals surface area contributed by atoms with Crippen molar-refractivity contribution >= 4 is 11.3 Å². The maximum absolute atomic E-state index is 13.7. The van der Waals surface area contributed by atoms with Crippen LogP contribution in [0.15, 0.2) is 23.6 Å². The van der Waals surface area contributed by atoms with Crippen LogP contribution < -0.4 is 0 Å². The molecule has 0 saturated carbocycles. The molecule has 1 heterocycles. The maximum Gasteiger partial charge on any atom is 0.126 e. The summed E-state index contributed by atoms with van der Waals surface area (Å²) in [4.78, 5) is 4.38. The maximum atomic E-state index is 13.7. The molecule has 0 amide bonds. The third-order valence-corrected chi connectivity index (χ3v) is 4.49. The molecular formula is C14H14FNOS. The largest absolute Gasteiger partial charge is 0.385 e. The number of aliphatic hydroxyl groups is 1. The third kappa shape index (κ3) is 1.85. The van der Waals surface area contributed by atoms with E-state index in [0.29, 0.717) is 24.8 Å². The van der Waals surface area contributed by atoms with Gasteiger partial charge in [0.2, 0.25) is 0 Å². The Labute approximate surface area is 109 Å². The van der Waals surface area contributed by atoms with E-state index in [0.717, 1.165) is 16.3 Å². The van der Waals surface area contributed by atoms with Gasteiger partial charge in [0.25, 0.3) is 0 Å². The summed E-state index contributed by atoms with van der Waals surface area (Å²) in [7, 11) is 0. The van der Waals surface area contributed by atoms with Crippen molar-refractivity contribution in [1.29, 1.82) is 0 Å². The Kier molecular flexibility index (Phi) is 2.72. The van der Waals surface area contributed by atoms with Crippen molar-refractivity contribution in [2.45, 2.75) is 31.8 Å². The van der Waals surface area contributed by atoms with Crippen molar-refractivity contribution in [3.63, 3.8) is 0 Å². The number of aryl methyl sites for hydroxylation is 1. The van der Waals surface area contributed by atoms with Crippen LogP contribution in [0.1, 0.15) is 28.2 Å². The zero-order valence-electron chi connectivity index (χ0n) is 10.1. The van der Waals surface area contributed by atoms with Gasteiger partial charge in [0, 0.05) is 17.5 Å². The lowest BCUT2D eigenvalue weighted by Crippen LogP contribution is -2.25. The lowest BCUT2D eigenvalue weighted by atomic mass is 9.92. The number of fused-ring (bicyclic) bond motifs is 1. The highest BCUT2D eigenvalue weighted by atomic mass is 32.1. The molecule has 94 valence electrons. The van der Waals surface area contributed by atoms with Crippen LogP contribution in [0.25, 0.3) is 0 Å². The van der Waals surface area contributed by atoms with Crippen LogP contribution in [-0.2, 0) is 18.4 Å². The highest BCUT2D eigenvalue weighted by Crippen LogP contribution is 2.40. The Morgan fingerprint density at radius 2 is 2.33 bits per heavy atom. The summed E-state index contributed by atoms with van der Waals surface area (Å²) >= 11 is 1.55. The Morgan fingerprint density at radius 1 is 1.50 bits per heavy atom. The first kappa shape index (κ1) is 11.8. The molecule has 1 aromatic heterocycles. The van der Waals surface area contributed by atoms with Gasteiger partial charge in [-0.3, -0.25) is 0 Å². The lowest BCUT2D eigenvalue weighted by molar-refractivity contribution is 0.0389. The van der Waals surface area contributed by atoms with E-state index in [2.05, 4.69) is 4.98 Å². The Bertz CT molecular complexity index is 595. The summed E-state index contributed by atoms with van der Waals surface area (Å²) in [6.07, 6.45) is 1.65. The number of rotatable bonds is 2. The molecule has 1 aromatic carbocycles. The molecule has 0 bridgehead atoms. The minimum absolute atomic E-state index is 0.209. The van der Waals surface area contributed by atoms with Crippen molar-refractivity contribution in [2.75, 3.05) is 0 Å². The third-order valence-electron chi connectivity index (χ3n) is 3.52. The van der Waals surface area contributed by atoms with E-state index in [1.165, 1.54) is 6.07 Å². The summed E-state index contributed by atoms with van der Waals surface area (Å²) in [5.41, 5.74) is 1.40. The average molecular weight is 263 g/mol. The second kappa shape index (κ2) is 4.14. The summed E-state index contributed by atoms with van der Waals surface area (Å²) < 4.78 is 13.7. The number of hydrogen-bond acceptors (Lipinski definition) is 3. The molecule has 0 fully saturated rings. The van der Waals surface area contributed by atoms with Crippen LogP contribution in [0, 0.1) is 12.7 Å². The minimum atomic E-state index is -0.957. The molecule has 18 heavy (non-hydrogen) atoms. The van der Waals surface area contributed by atoms with Gasteiger partial charge >= 0.3 is 0 Å². The molecule has 0 aliphatic heterocycles. The molecule has 1 atom stereocenters. The Balaban J connectivity index is 1.96. The van der Waals surface area contributed by atoms with Gasteiger partial charge in [-0.25, -0.2) is 9.37 Å². The van der Waals surface area contributed by atoms with Crippen LogP contribution in [0.3, 0.4) is 0 Å². The van der Waals surface area contributed by atoms with E-state index in [9.17, 15) is 9.50 Å².